The maximum Gasteiger partial charge on any atom is 0.164 e. The van der Waals surface area contributed by atoms with E-state index in [0.29, 0.717) is 6.42 Å². The summed E-state index contributed by atoms with van der Waals surface area (Å²) in [5.74, 6) is 0.182. The zero-order chi connectivity index (χ0) is 9.68. The second-order valence-electron chi connectivity index (χ2n) is 2.78. The number of rotatable bonds is 4. The topological polar surface area (TPSA) is 29.1 Å². The number of ketones is 1. The number of carbonyl (C=O) groups excluding carboxylic acids is 1. The van der Waals surface area contributed by atoms with Crippen molar-refractivity contribution in [1.82, 2.24) is 5.32 Å². The number of nitrogens with one attached hydrogen (secondary N) is 1. The summed E-state index contributed by atoms with van der Waals surface area (Å²) in [7, 11) is 1.84. The Hall–Kier alpha value is -0.670. The summed E-state index contributed by atoms with van der Waals surface area (Å²) >= 11 is 3.32. The average molecular weight is 242 g/mol. The van der Waals surface area contributed by atoms with Crippen molar-refractivity contribution in [1.29, 1.82) is 0 Å². The van der Waals surface area contributed by atoms with Crippen molar-refractivity contribution >= 4 is 21.7 Å². The van der Waals surface area contributed by atoms with Gasteiger partial charge in [-0.1, -0.05) is 28.1 Å². The standard InChI is InChI=1S/C10H12BrNO/c1-12-7-6-10(13)8-2-4-9(11)5-3-8/h2-5,12H,6-7H2,1H3. The number of carbonyl (C=O) groups is 1. The molecule has 0 radical (unpaired) electrons. The molecule has 0 bridgehead atoms. The minimum atomic E-state index is 0.182. The third kappa shape index (κ3) is 3.28. The molecule has 0 spiro atoms. The van der Waals surface area contributed by atoms with Gasteiger partial charge in [-0.25, -0.2) is 0 Å². The van der Waals surface area contributed by atoms with Gasteiger partial charge in [-0.15, -0.1) is 0 Å². The molecule has 70 valence electrons. The van der Waals surface area contributed by atoms with Crippen LogP contribution in [-0.2, 0) is 0 Å². The smallest absolute Gasteiger partial charge is 0.164 e. The van der Waals surface area contributed by atoms with Gasteiger partial charge in [-0.3, -0.25) is 4.79 Å². The first kappa shape index (κ1) is 10.4. The Bertz CT molecular complexity index is 281. The fourth-order valence-electron chi connectivity index (χ4n) is 1.02. The van der Waals surface area contributed by atoms with Gasteiger partial charge in [0, 0.05) is 23.0 Å². The Morgan fingerprint density at radius 2 is 2.00 bits per heavy atom. The second kappa shape index (κ2) is 5.14. The molecule has 0 heterocycles. The molecule has 3 heteroatoms. The van der Waals surface area contributed by atoms with Crippen molar-refractivity contribution in [3.63, 3.8) is 0 Å². The Morgan fingerprint density at radius 3 is 2.54 bits per heavy atom. The maximum atomic E-state index is 11.5. The predicted octanol–water partition coefficient (Wildman–Crippen LogP) is 2.24. The highest BCUT2D eigenvalue weighted by Gasteiger charge is 2.03. The minimum Gasteiger partial charge on any atom is -0.319 e. The van der Waals surface area contributed by atoms with Gasteiger partial charge < -0.3 is 5.32 Å². The van der Waals surface area contributed by atoms with Crippen LogP contribution >= 0.6 is 15.9 Å². The van der Waals surface area contributed by atoms with Gasteiger partial charge in [0.2, 0.25) is 0 Å². The van der Waals surface area contributed by atoms with Crippen LogP contribution in [0.4, 0.5) is 0 Å². The van der Waals surface area contributed by atoms with Crippen molar-refractivity contribution in [3.05, 3.63) is 34.3 Å². The fraction of sp³-hybridized carbons (Fsp3) is 0.300. The summed E-state index contributed by atoms with van der Waals surface area (Å²) in [5, 5.41) is 2.95. The molecule has 0 saturated heterocycles. The molecule has 0 aliphatic heterocycles. The third-order valence-electron chi connectivity index (χ3n) is 1.77. The Kier molecular flexibility index (Phi) is 4.12. The van der Waals surface area contributed by atoms with Crippen molar-refractivity contribution in [3.8, 4) is 0 Å². The maximum absolute atomic E-state index is 11.5. The summed E-state index contributed by atoms with van der Waals surface area (Å²) in [6.07, 6.45) is 0.554. The van der Waals surface area contributed by atoms with Crippen molar-refractivity contribution in [2.75, 3.05) is 13.6 Å². The first-order valence-electron chi connectivity index (χ1n) is 4.17. The van der Waals surface area contributed by atoms with Gasteiger partial charge in [0.05, 0.1) is 0 Å². The molecule has 0 amide bonds. The summed E-state index contributed by atoms with van der Waals surface area (Å²) in [6.45, 7) is 0.731. The van der Waals surface area contributed by atoms with Crippen LogP contribution in [0.25, 0.3) is 0 Å². The predicted molar refractivity (Wildman–Crippen MR) is 57.0 cm³/mol. The van der Waals surface area contributed by atoms with Crippen LogP contribution in [0.1, 0.15) is 16.8 Å². The SMILES string of the molecule is CNCCC(=O)c1ccc(Br)cc1. The number of hydrogen-bond donors (Lipinski definition) is 1. The molecule has 1 rings (SSSR count). The van der Waals surface area contributed by atoms with Gasteiger partial charge in [0.25, 0.3) is 0 Å². The van der Waals surface area contributed by atoms with Gasteiger partial charge >= 0.3 is 0 Å². The van der Waals surface area contributed by atoms with Crippen LogP contribution < -0.4 is 5.32 Å². The normalized spacial score (nSPS) is 10.0. The first-order valence-corrected chi connectivity index (χ1v) is 4.96. The lowest BCUT2D eigenvalue weighted by atomic mass is 10.1. The van der Waals surface area contributed by atoms with Crippen molar-refractivity contribution < 1.29 is 4.79 Å². The molecular weight excluding hydrogens is 230 g/mol. The van der Waals surface area contributed by atoms with Crippen LogP contribution in [0.2, 0.25) is 0 Å². The first-order chi connectivity index (χ1) is 6.24. The molecule has 0 saturated carbocycles. The Morgan fingerprint density at radius 1 is 1.38 bits per heavy atom. The van der Waals surface area contributed by atoms with E-state index in [0.717, 1.165) is 16.6 Å². The van der Waals surface area contributed by atoms with E-state index in [2.05, 4.69) is 21.2 Å². The molecule has 0 aliphatic carbocycles. The summed E-state index contributed by atoms with van der Waals surface area (Å²) < 4.78 is 0.998. The van der Waals surface area contributed by atoms with E-state index in [-0.39, 0.29) is 5.78 Å². The van der Waals surface area contributed by atoms with Crippen LogP contribution in [0.3, 0.4) is 0 Å². The lowest BCUT2D eigenvalue weighted by molar-refractivity contribution is 0.0983. The van der Waals surface area contributed by atoms with E-state index in [1.807, 2.05) is 31.3 Å². The van der Waals surface area contributed by atoms with Gasteiger partial charge in [0.15, 0.2) is 5.78 Å². The molecule has 13 heavy (non-hydrogen) atoms. The molecule has 0 aromatic heterocycles. The van der Waals surface area contributed by atoms with E-state index in [9.17, 15) is 4.79 Å². The number of halogens is 1. The molecule has 1 aromatic rings. The molecule has 0 atom stereocenters. The quantitative estimate of drug-likeness (QED) is 0.820. The molecule has 0 aliphatic rings. The monoisotopic (exact) mass is 241 g/mol. The van der Waals surface area contributed by atoms with Crippen LogP contribution in [0.15, 0.2) is 28.7 Å². The average Bonchev–Trinajstić information content (AvgIpc) is 2.15. The zero-order valence-corrected chi connectivity index (χ0v) is 9.10. The summed E-state index contributed by atoms with van der Waals surface area (Å²) in [5.41, 5.74) is 0.776. The number of hydrogen-bond acceptors (Lipinski definition) is 2. The van der Waals surface area contributed by atoms with E-state index < -0.39 is 0 Å². The Labute approximate surface area is 86.5 Å². The summed E-state index contributed by atoms with van der Waals surface area (Å²) in [4.78, 5) is 11.5. The number of benzene rings is 1. The zero-order valence-electron chi connectivity index (χ0n) is 7.51. The number of Topliss-reactive ketones (excluding diaryl/α,β-unsaturated/α-hetero) is 1. The minimum absolute atomic E-state index is 0.182. The molecule has 2 nitrogen and oxygen atoms in total. The van der Waals surface area contributed by atoms with Crippen LogP contribution in [0, 0.1) is 0 Å². The molecule has 1 aromatic carbocycles. The molecular formula is C10H12BrNO. The lowest BCUT2D eigenvalue weighted by Crippen LogP contribution is -2.12. The van der Waals surface area contributed by atoms with Gasteiger partial charge in [0.1, 0.15) is 0 Å². The molecule has 0 unspecified atom stereocenters. The van der Waals surface area contributed by atoms with Crippen molar-refractivity contribution in [2.24, 2.45) is 0 Å². The van der Waals surface area contributed by atoms with E-state index in [1.54, 1.807) is 0 Å². The highest BCUT2D eigenvalue weighted by molar-refractivity contribution is 9.10. The largest absolute Gasteiger partial charge is 0.319 e. The lowest BCUT2D eigenvalue weighted by Gasteiger charge is -2.00. The third-order valence-corrected chi connectivity index (χ3v) is 2.30. The van der Waals surface area contributed by atoms with Crippen LogP contribution in [-0.4, -0.2) is 19.4 Å². The van der Waals surface area contributed by atoms with E-state index >= 15 is 0 Å². The molecule has 1 N–H and O–H groups in total. The Balaban J connectivity index is 2.61. The van der Waals surface area contributed by atoms with E-state index in [4.69, 9.17) is 0 Å². The highest BCUT2D eigenvalue weighted by Crippen LogP contribution is 2.11. The summed E-state index contributed by atoms with van der Waals surface area (Å²) in [6, 6.07) is 7.43. The fourth-order valence-corrected chi connectivity index (χ4v) is 1.28. The second-order valence-corrected chi connectivity index (χ2v) is 3.70. The van der Waals surface area contributed by atoms with Crippen molar-refractivity contribution in [2.45, 2.75) is 6.42 Å². The van der Waals surface area contributed by atoms with E-state index in [1.165, 1.54) is 0 Å². The van der Waals surface area contributed by atoms with Gasteiger partial charge in [-0.2, -0.15) is 0 Å². The molecule has 0 fully saturated rings. The van der Waals surface area contributed by atoms with Gasteiger partial charge in [-0.05, 0) is 19.2 Å². The highest BCUT2D eigenvalue weighted by atomic mass is 79.9. The van der Waals surface area contributed by atoms with Crippen LogP contribution in [0.5, 0.6) is 0 Å².